The van der Waals surface area contributed by atoms with Crippen LogP contribution in [0.1, 0.15) is 61.1 Å². The van der Waals surface area contributed by atoms with Crippen LogP contribution >= 0.6 is 0 Å². The number of nitrogens with zero attached hydrogens (tertiary/aromatic N) is 2. The van der Waals surface area contributed by atoms with Gasteiger partial charge in [0, 0.05) is 24.9 Å². The third-order valence-corrected chi connectivity index (χ3v) is 9.48. The summed E-state index contributed by atoms with van der Waals surface area (Å²) in [6.07, 6.45) is 5.56. The van der Waals surface area contributed by atoms with Crippen LogP contribution in [0.5, 0.6) is 0 Å². The SMILES string of the molecule is CCCCC(=O)N(Cc1ccc(-c2ccccc2C(=O)OC(C)[Si](C)(C)C)cc1)C(O)CCc1cnc[nH]1. The van der Waals surface area contributed by atoms with Crippen LogP contribution in [0.25, 0.3) is 11.1 Å². The molecule has 0 aliphatic rings. The summed E-state index contributed by atoms with van der Waals surface area (Å²) in [5.41, 5.74) is 3.97. The number of imidazole rings is 1. The second kappa shape index (κ2) is 13.5. The minimum absolute atomic E-state index is 0.0577. The van der Waals surface area contributed by atoms with Gasteiger partial charge in [-0.25, -0.2) is 9.78 Å². The van der Waals surface area contributed by atoms with E-state index in [1.54, 1.807) is 23.5 Å². The number of aromatic amines is 1. The average molecular weight is 536 g/mol. The highest BCUT2D eigenvalue weighted by atomic mass is 28.3. The van der Waals surface area contributed by atoms with E-state index in [-0.39, 0.29) is 17.6 Å². The van der Waals surface area contributed by atoms with Gasteiger partial charge in [-0.2, -0.15) is 0 Å². The maximum atomic E-state index is 13.0. The Labute approximate surface area is 227 Å². The van der Waals surface area contributed by atoms with Gasteiger partial charge in [0.25, 0.3) is 0 Å². The number of esters is 1. The summed E-state index contributed by atoms with van der Waals surface area (Å²) in [4.78, 5) is 34.6. The summed E-state index contributed by atoms with van der Waals surface area (Å²) in [5.74, 6) is -0.370. The lowest BCUT2D eigenvalue weighted by molar-refractivity contribution is -0.143. The molecule has 0 saturated heterocycles. The van der Waals surface area contributed by atoms with E-state index in [0.29, 0.717) is 31.4 Å². The second-order valence-electron chi connectivity index (χ2n) is 10.9. The van der Waals surface area contributed by atoms with Gasteiger partial charge < -0.3 is 19.7 Å². The lowest BCUT2D eigenvalue weighted by Gasteiger charge is -2.28. The highest BCUT2D eigenvalue weighted by Crippen LogP contribution is 2.26. The number of aryl methyl sites for hydroxylation is 1. The normalized spacial score (nSPS) is 13.1. The quantitative estimate of drug-likeness (QED) is 0.160. The van der Waals surface area contributed by atoms with Gasteiger partial charge in [0.15, 0.2) is 0 Å². The molecule has 0 spiro atoms. The number of aliphatic hydroxyl groups is 1. The Morgan fingerprint density at radius 1 is 1.11 bits per heavy atom. The third-order valence-electron chi connectivity index (χ3n) is 6.92. The van der Waals surface area contributed by atoms with Crippen LogP contribution in [0, 0.1) is 0 Å². The molecule has 38 heavy (non-hydrogen) atoms. The van der Waals surface area contributed by atoms with E-state index in [1.807, 2.05) is 56.3 Å². The van der Waals surface area contributed by atoms with Gasteiger partial charge in [-0.3, -0.25) is 4.79 Å². The first kappa shape index (κ1) is 29.3. The fraction of sp³-hybridized carbons (Fsp3) is 0.433. The number of carbonyl (C=O) groups excluding carboxylic acids is 2. The molecule has 3 aromatic rings. The van der Waals surface area contributed by atoms with E-state index < -0.39 is 14.3 Å². The molecule has 1 aromatic heterocycles. The van der Waals surface area contributed by atoms with Crippen molar-refractivity contribution in [3.63, 3.8) is 0 Å². The Bertz CT molecular complexity index is 1170. The zero-order valence-electron chi connectivity index (χ0n) is 23.2. The van der Waals surface area contributed by atoms with Crippen LogP contribution in [-0.2, 0) is 22.5 Å². The fourth-order valence-corrected chi connectivity index (χ4v) is 4.45. The molecule has 0 aliphatic heterocycles. The Kier molecular flexibility index (Phi) is 10.4. The maximum absolute atomic E-state index is 13.0. The predicted molar refractivity (Wildman–Crippen MR) is 153 cm³/mol. The molecule has 1 heterocycles. The van der Waals surface area contributed by atoms with Gasteiger partial charge in [0.2, 0.25) is 5.91 Å². The number of amides is 1. The molecule has 1 amide bonds. The zero-order chi connectivity index (χ0) is 27.7. The molecule has 2 atom stereocenters. The van der Waals surface area contributed by atoms with Crippen molar-refractivity contribution in [2.75, 3.05) is 0 Å². The first-order valence-electron chi connectivity index (χ1n) is 13.4. The molecule has 2 N–H and O–H groups in total. The summed E-state index contributed by atoms with van der Waals surface area (Å²) in [6, 6.07) is 15.3. The van der Waals surface area contributed by atoms with Crippen molar-refractivity contribution in [2.45, 2.75) is 84.1 Å². The lowest BCUT2D eigenvalue weighted by Crippen LogP contribution is -2.40. The van der Waals surface area contributed by atoms with Crippen LogP contribution in [0.4, 0.5) is 0 Å². The van der Waals surface area contributed by atoms with Gasteiger partial charge in [-0.05, 0) is 48.9 Å². The van der Waals surface area contributed by atoms with E-state index in [9.17, 15) is 14.7 Å². The molecule has 7 nitrogen and oxygen atoms in total. The van der Waals surface area contributed by atoms with Crippen molar-refractivity contribution in [3.8, 4) is 11.1 Å². The standard InChI is InChI=1S/C30H41N3O4Si/c1-6-7-12-28(34)33(29(35)18-17-25-19-31-21-32-25)20-23-13-15-24(16-14-23)26-10-8-9-11-27(26)30(36)37-22(2)38(3,4)5/h8-11,13-16,19,21-22,29,35H,6-7,12,17-18,20H2,1-5H3,(H,31,32). The van der Waals surface area contributed by atoms with Crippen LogP contribution in [0.2, 0.25) is 19.6 Å². The lowest BCUT2D eigenvalue weighted by atomic mass is 9.98. The second-order valence-corrected chi connectivity index (χ2v) is 16.4. The van der Waals surface area contributed by atoms with Crippen LogP contribution in [-0.4, -0.2) is 51.9 Å². The number of benzene rings is 2. The largest absolute Gasteiger partial charge is 0.463 e. The Morgan fingerprint density at radius 3 is 2.45 bits per heavy atom. The Balaban J connectivity index is 1.76. The molecule has 8 heteroatoms. The molecule has 0 bridgehead atoms. The fourth-order valence-electron chi connectivity index (χ4n) is 3.99. The Hall–Kier alpha value is -3.23. The zero-order valence-corrected chi connectivity index (χ0v) is 24.2. The molecular formula is C30H41N3O4Si. The third kappa shape index (κ3) is 8.13. The predicted octanol–water partition coefficient (Wildman–Crippen LogP) is 5.97. The van der Waals surface area contributed by atoms with Crippen molar-refractivity contribution in [2.24, 2.45) is 0 Å². The van der Waals surface area contributed by atoms with Crippen LogP contribution in [0.3, 0.4) is 0 Å². The highest BCUT2D eigenvalue weighted by molar-refractivity contribution is 6.77. The Morgan fingerprint density at radius 2 is 1.82 bits per heavy atom. The van der Waals surface area contributed by atoms with Crippen molar-refractivity contribution in [1.82, 2.24) is 14.9 Å². The number of hydrogen-bond donors (Lipinski definition) is 2. The number of nitrogens with one attached hydrogen (secondary N) is 1. The number of hydrogen-bond acceptors (Lipinski definition) is 5. The van der Waals surface area contributed by atoms with Gasteiger partial charge in [0.1, 0.15) is 6.23 Å². The molecule has 204 valence electrons. The highest BCUT2D eigenvalue weighted by Gasteiger charge is 2.27. The van der Waals surface area contributed by atoms with E-state index in [4.69, 9.17) is 4.74 Å². The van der Waals surface area contributed by atoms with Gasteiger partial charge in [-0.15, -0.1) is 0 Å². The number of H-pyrrole nitrogens is 1. The van der Waals surface area contributed by atoms with Crippen LogP contribution < -0.4 is 0 Å². The van der Waals surface area contributed by atoms with Gasteiger partial charge >= 0.3 is 5.97 Å². The number of carbonyl (C=O) groups is 2. The average Bonchev–Trinajstić information content (AvgIpc) is 3.42. The minimum atomic E-state index is -1.63. The molecule has 0 fully saturated rings. The van der Waals surface area contributed by atoms with Crippen molar-refractivity contribution < 1.29 is 19.4 Å². The summed E-state index contributed by atoms with van der Waals surface area (Å²) in [6.45, 7) is 10.9. The molecule has 0 aliphatic carbocycles. The smallest absolute Gasteiger partial charge is 0.338 e. The number of rotatable bonds is 13. The van der Waals surface area contributed by atoms with E-state index in [0.717, 1.165) is 35.2 Å². The van der Waals surface area contributed by atoms with Crippen molar-refractivity contribution in [1.29, 1.82) is 0 Å². The first-order valence-corrected chi connectivity index (χ1v) is 17.0. The summed E-state index contributed by atoms with van der Waals surface area (Å²) >= 11 is 0. The van der Waals surface area contributed by atoms with E-state index in [2.05, 4.69) is 29.6 Å². The van der Waals surface area contributed by atoms with E-state index in [1.165, 1.54) is 0 Å². The number of ether oxygens (including phenoxy) is 1. The van der Waals surface area contributed by atoms with Crippen molar-refractivity contribution >= 4 is 20.0 Å². The van der Waals surface area contributed by atoms with E-state index >= 15 is 0 Å². The number of aliphatic hydroxyl groups excluding tert-OH is 1. The molecular weight excluding hydrogens is 494 g/mol. The van der Waals surface area contributed by atoms with Gasteiger partial charge in [-0.1, -0.05) is 75.5 Å². The molecule has 2 unspecified atom stereocenters. The summed E-state index contributed by atoms with van der Waals surface area (Å²) in [5, 5.41) is 10.9. The maximum Gasteiger partial charge on any atom is 0.338 e. The van der Waals surface area contributed by atoms with Gasteiger partial charge in [0.05, 0.1) is 25.7 Å². The number of unbranched alkanes of at least 4 members (excludes halogenated alkanes) is 1. The molecule has 0 saturated carbocycles. The van der Waals surface area contributed by atoms with Crippen molar-refractivity contribution in [3.05, 3.63) is 77.9 Å². The summed E-state index contributed by atoms with van der Waals surface area (Å²) in [7, 11) is -1.63. The van der Waals surface area contributed by atoms with Crippen LogP contribution in [0.15, 0.2) is 61.1 Å². The topological polar surface area (TPSA) is 95.5 Å². The minimum Gasteiger partial charge on any atom is -0.463 e. The molecule has 0 radical (unpaired) electrons. The summed E-state index contributed by atoms with van der Waals surface area (Å²) < 4.78 is 5.82. The molecule has 2 aromatic carbocycles. The first-order chi connectivity index (χ1) is 18.1. The number of aromatic nitrogens is 2. The monoisotopic (exact) mass is 535 g/mol. The molecule has 3 rings (SSSR count).